The third-order valence-electron chi connectivity index (χ3n) is 2.83. The first-order chi connectivity index (χ1) is 9.79. The van der Waals surface area contributed by atoms with Gasteiger partial charge >= 0.3 is 0 Å². The number of benzene rings is 1. The molecule has 0 aliphatic rings. The van der Waals surface area contributed by atoms with E-state index in [1.54, 1.807) is 0 Å². The molecule has 21 heavy (non-hydrogen) atoms. The number of halogens is 3. The highest BCUT2D eigenvalue weighted by Crippen LogP contribution is 2.29. The number of carbonyl (C=O) groups is 1. The van der Waals surface area contributed by atoms with E-state index in [4.69, 9.17) is 34.8 Å². The van der Waals surface area contributed by atoms with Gasteiger partial charge in [-0.25, -0.2) is 0 Å². The largest absolute Gasteiger partial charge is 0.337 e. The average molecular weight is 352 g/mol. The molecule has 0 aliphatic carbocycles. The van der Waals surface area contributed by atoms with E-state index in [-0.39, 0.29) is 11.8 Å². The summed E-state index contributed by atoms with van der Waals surface area (Å²) in [6.45, 7) is 4.53. The van der Waals surface area contributed by atoms with Gasteiger partial charge in [-0.15, -0.1) is 0 Å². The lowest BCUT2D eigenvalue weighted by molar-refractivity contribution is -0.122. The molecule has 0 saturated heterocycles. The van der Waals surface area contributed by atoms with E-state index in [1.165, 1.54) is 5.56 Å². The molecule has 1 aromatic rings. The Morgan fingerprint density at radius 1 is 1.19 bits per heavy atom. The number of carbonyl (C=O) groups excluding carboxylic acids is 1. The second-order valence-corrected chi connectivity index (χ2v) is 7.70. The molecule has 0 heterocycles. The first-order valence-electron chi connectivity index (χ1n) is 6.92. The monoisotopic (exact) mass is 350 g/mol. The smallest absolute Gasteiger partial charge is 0.223 e. The van der Waals surface area contributed by atoms with Crippen LogP contribution in [0.15, 0.2) is 30.3 Å². The zero-order valence-corrected chi connectivity index (χ0v) is 14.5. The van der Waals surface area contributed by atoms with Gasteiger partial charge in [-0.2, -0.15) is 0 Å². The van der Waals surface area contributed by atoms with Crippen LogP contribution in [0, 0.1) is 5.92 Å². The van der Waals surface area contributed by atoms with Gasteiger partial charge in [0.1, 0.15) is 6.17 Å². The van der Waals surface area contributed by atoms with Crippen molar-refractivity contribution in [2.24, 2.45) is 5.92 Å². The van der Waals surface area contributed by atoms with Crippen molar-refractivity contribution >= 4 is 40.7 Å². The molecule has 0 saturated carbocycles. The second kappa shape index (κ2) is 8.84. The fraction of sp³-hybridized carbons (Fsp3) is 0.533. The van der Waals surface area contributed by atoms with E-state index in [0.29, 0.717) is 13.0 Å². The van der Waals surface area contributed by atoms with Gasteiger partial charge in [-0.3, -0.25) is 10.1 Å². The van der Waals surface area contributed by atoms with Crippen molar-refractivity contribution in [3.63, 3.8) is 0 Å². The molecule has 0 spiro atoms. The summed E-state index contributed by atoms with van der Waals surface area (Å²) in [6, 6.07) is 9.98. The number of rotatable bonds is 7. The Bertz CT molecular complexity index is 432. The molecule has 0 fully saturated rings. The molecule has 0 aliphatic heterocycles. The number of amides is 1. The summed E-state index contributed by atoms with van der Waals surface area (Å²) in [5.74, 6) is 0.124. The Hall–Kier alpha value is -0.480. The predicted molar refractivity (Wildman–Crippen MR) is 89.8 cm³/mol. The zero-order chi connectivity index (χ0) is 15.9. The van der Waals surface area contributed by atoms with Gasteiger partial charge < -0.3 is 5.32 Å². The van der Waals surface area contributed by atoms with Gasteiger partial charge in [-0.1, -0.05) is 79.0 Å². The van der Waals surface area contributed by atoms with Crippen LogP contribution in [-0.4, -0.2) is 22.4 Å². The van der Waals surface area contributed by atoms with Crippen molar-refractivity contribution in [3.05, 3.63) is 35.9 Å². The van der Waals surface area contributed by atoms with Crippen LogP contribution in [0.4, 0.5) is 0 Å². The summed E-state index contributed by atoms with van der Waals surface area (Å²) < 4.78 is -1.59. The molecule has 0 unspecified atom stereocenters. The maximum Gasteiger partial charge on any atom is 0.223 e. The van der Waals surface area contributed by atoms with Gasteiger partial charge in [0.05, 0.1) is 0 Å². The maximum atomic E-state index is 11.8. The minimum Gasteiger partial charge on any atom is -0.337 e. The van der Waals surface area contributed by atoms with E-state index < -0.39 is 9.96 Å². The molecule has 1 aromatic carbocycles. The van der Waals surface area contributed by atoms with Crippen LogP contribution in [0.25, 0.3) is 0 Å². The lowest BCUT2D eigenvalue weighted by Crippen LogP contribution is -2.54. The highest BCUT2D eigenvalue weighted by atomic mass is 35.6. The third kappa shape index (κ3) is 7.91. The van der Waals surface area contributed by atoms with Gasteiger partial charge in [-0.05, 0) is 17.9 Å². The molecular weight excluding hydrogens is 331 g/mol. The van der Waals surface area contributed by atoms with Crippen molar-refractivity contribution in [2.45, 2.75) is 36.6 Å². The van der Waals surface area contributed by atoms with Crippen molar-refractivity contribution in [1.82, 2.24) is 10.6 Å². The van der Waals surface area contributed by atoms with Gasteiger partial charge in [0.15, 0.2) is 0 Å². The van der Waals surface area contributed by atoms with Crippen LogP contribution in [0.3, 0.4) is 0 Å². The molecule has 1 amide bonds. The van der Waals surface area contributed by atoms with Crippen molar-refractivity contribution < 1.29 is 4.79 Å². The van der Waals surface area contributed by atoms with Gasteiger partial charge in [0.2, 0.25) is 9.70 Å². The fourth-order valence-corrected chi connectivity index (χ4v) is 2.24. The highest BCUT2D eigenvalue weighted by Gasteiger charge is 2.33. The SMILES string of the molecule is CC(C)CC(=O)N[C@H](NCCc1ccccc1)C(Cl)(Cl)Cl. The van der Waals surface area contributed by atoms with E-state index in [2.05, 4.69) is 10.6 Å². The molecule has 6 heteroatoms. The first kappa shape index (κ1) is 18.6. The quantitative estimate of drug-likeness (QED) is 0.581. The van der Waals surface area contributed by atoms with E-state index >= 15 is 0 Å². The Morgan fingerprint density at radius 2 is 1.81 bits per heavy atom. The molecule has 1 atom stereocenters. The number of hydrogen-bond acceptors (Lipinski definition) is 2. The summed E-state index contributed by atoms with van der Waals surface area (Å²) in [5.41, 5.74) is 1.18. The molecule has 0 bridgehead atoms. The standard InChI is InChI=1S/C15H21Cl3N2O/c1-11(2)10-13(21)20-14(15(16,17)18)19-9-8-12-6-4-3-5-7-12/h3-7,11,14,19H,8-10H2,1-2H3,(H,20,21)/t14-/m0/s1. The van der Waals surface area contributed by atoms with Gasteiger partial charge in [0, 0.05) is 13.0 Å². The van der Waals surface area contributed by atoms with Crippen molar-refractivity contribution in [1.29, 1.82) is 0 Å². The molecule has 3 nitrogen and oxygen atoms in total. The Labute approximate surface area is 141 Å². The lowest BCUT2D eigenvalue weighted by atomic mass is 10.1. The first-order valence-corrected chi connectivity index (χ1v) is 8.06. The predicted octanol–water partition coefficient (Wildman–Crippen LogP) is 3.68. The molecule has 2 N–H and O–H groups in total. The van der Waals surface area contributed by atoms with Crippen molar-refractivity contribution in [2.75, 3.05) is 6.54 Å². The van der Waals surface area contributed by atoms with Crippen LogP contribution in [0.2, 0.25) is 0 Å². The summed E-state index contributed by atoms with van der Waals surface area (Å²) in [6.07, 6.45) is 0.480. The van der Waals surface area contributed by atoms with Crippen LogP contribution in [0.1, 0.15) is 25.8 Å². The second-order valence-electron chi connectivity index (χ2n) is 5.33. The molecule has 118 valence electrons. The van der Waals surface area contributed by atoms with E-state index in [0.717, 1.165) is 6.42 Å². The minimum atomic E-state index is -1.59. The Morgan fingerprint density at radius 3 is 2.33 bits per heavy atom. The summed E-state index contributed by atoms with van der Waals surface area (Å²) in [4.78, 5) is 11.8. The summed E-state index contributed by atoms with van der Waals surface area (Å²) >= 11 is 17.7. The summed E-state index contributed by atoms with van der Waals surface area (Å²) in [7, 11) is 0. The van der Waals surface area contributed by atoms with Crippen LogP contribution in [-0.2, 0) is 11.2 Å². The molecule has 1 rings (SSSR count). The number of alkyl halides is 3. The highest BCUT2D eigenvalue weighted by molar-refractivity contribution is 6.68. The molecule has 0 aromatic heterocycles. The van der Waals surface area contributed by atoms with Crippen LogP contribution in [0.5, 0.6) is 0 Å². The van der Waals surface area contributed by atoms with E-state index in [1.807, 2.05) is 44.2 Å². The van der Waals surface area contributed by atoms with Gasteiger partial charge in [0.25, 0.3) is 0 Å². The van der Waals surface area contributed by atoms with E-state index in [9.17, 15) is 4.79 Å². The topological polar surface area (TPSA) is 41.1 Å². The third-order valence-corrected chi connectivity index (χ3v) is 3.49. The van der Waals surface area contributed by atoms with Crippen LogP contribution >= 0.6 is 34.8 Å². The minimum absolute atomic E-state index is 0.131. The van der Waals surface area contributed by atoms with Crippen LogP contribution < -0.4 is 10.6 Å². The molecular formula is C15H21Cl3N2O. The fourth-order valence-electron chi connectivity index (χ4n) is 1.84. The zero-order valence-electron chi connectivity index (χ0n) is 12.2. The number of nitrogens with one attached hydrogen (secondary N) is 2. The molecule has 0 radical (unpaired) electrons. The van der Waals surface area contributed by atoms with Crippen molar-refractivity contribution in [3.8, 4) is 0 Å². The lowest BCUT2D eigenvalue weighted by Gasteiger charge is -2.27. The Kier molecular flexibility index (Phi) is 7.82. The summed E-state index contributed by atoms with van der Waals surface area (Å²) in [5, 5.41) is 5.81. The Balaban J connectivity index is 2.49. The average Bonchev–Trinajstić information content (AvgIpc) is 2.36. The normalized spacial score (nSPS) is 13.2. The maximum absolute atomic E-state index is 11.8. The number of hydrogen-bond donors (Lipinski definition) is 2.